The monoisotopic (exact) mass is 325 g/mol. The topological polar surface area (TPSA) is 66.8 Å². The first-order valence-electron chi connectivity index (χ1n) is 7.85. The van der Waals surface area contributed by atoms with E-state index in [1.165, 1.54) is 17.7 Å². The maximum atomic E-state index is 12.6. The number of benzene rings is 2. The van der Waals surface area contributed by atoms with Gasteiger partial charge in [0.05, 0.1) is 12.7 Å². The molecule has 1 amide bonds. The molecular weight excluding hydrogens is 306 g/mol. The van der Waals surface area contributed by atoms with Gasteiger partial charge in [0, 0.05) is 24.6 Å². The highest BCUT2D eigenvalue weighted by Crippen LogP contribution is 2.29. The fraction of sp³-hybridized carbons (Fsp3) is 0.263. The lowest BCUT2D eigenvalue weighted by atomic mass is 9.98. The first-order chi connectivity index (χ1) is 11.6. The molecular formula is C19H19NO4. The predicted octanol–water partition coefficient (Wildman–Crippen LogP) is 3.02. The molecule has 1 atom stereocenters. The number of ether oxygens (including phenoxy) is 1. The summed E-state index contributed by atoms with van der Waals surface area (Å²) >= 11 is 0. The van der Waals surface area contributed by atoms with Crippen LogP contribution in [0.3, 0.4) is 0 Å². The van der Waals surface area contributed by atoms with Gasteiger partial charge in [0.2, 0.25) is 0 Å². The van der Waals surface area contributed by atoms with Crippen LogP contribution in [0.5, 0.6) is 5.75 Å². The van der Waals surface area contributed by atoms with Gasteiger partial charge in [0.1, 0.15) is 5.75 Å². The number of carbonyl (C=O) groups is 2. The SMILES string of the molecule is COc1ccc(C2CCN(C(=O)c3ccc(C(=O)O)cc3)C2)cc1. The van der Waals surface area contributed by atoms with Crippen molar-refractivity contribution in [3.8, 4) is 5.75 Å². The third-order valence-electron chi connectivity index (χ3n) is 4.44. The summed E-state index contributed by atoms with van der Waals surface area (Å²) in [6, 6.07) is 14.0. The van der Waals surface area contributed by atoms with Gasteiger partial charge in [-0.2, -0.15) is 0 Å². The Balaban J connectivity index is 1.67. The van der Waals surface area contributed by atoms with Crippen molar-refractivity contribution < 1.29 is 19.4 Å². The van der Waals surface area contributed by atoms with Gasteiger partial charge in [-0.15, -0.1) is 0 Å². The van der Waals surface area contributed by atoms with E-state index in [0.717, 1.165) is 12.2 Å². The van der Waals surface area contributed by atoms with Gasteiger partial charge in [-0.25, -0.2) is 4.79 Å². The quantitative estimate of drug-likeness (QED) is 0.938. The van der Waals surface area contributed by atoms with Crippen molar-refractivity contribution in [3.63, 3.8) is 0 Å². The number of carboxylic acid groups (broad SMARTS) is 1. The summed E-state index contributed by atoms with van der Waals surface area (Å²) in [4.78, 5) is 25.3. The molecule has 1 unspecified atom stereocenters. The molecule has 2 aromatic rings. The van der Waals surface area contributed by atoms with E-state index in [2.05, 4.69) is 0 Å². The molecule has 1 N–H and O–H groups in total. The van der Waals surface area contributed by atoms with Crippen molar-refractivity contribution in [2.45, 2.75) is 12.3 Å². The van der Waals surface area contributed by atoms with Crippen LogP contribution in [0, 0.1) is 0 Å². The van der Waals surface area contributed by atoms with Gasteiger partial charge in [0.25, 0.3) is 5.91 Å². The second-order valence-corrected chi connectivity index (χ2v) is 5.89. The zero-order valence-corrected chi connectivity index (χ0v) is 13.4. The molecule has 0 spiro atoms. The van der Waals surface area contributed by atoms with Crippen LogP contribution >= 0.6 is 0 Å². The summed E-state index contributed by atoms with van der Waals surface area (Å²) < 4.78 is 5.17. The van der Waals surface area contributed by atoms with E-state index >= 15 is 0 Å². The maximum Gasteiger partial charge on any atom is 0.335 e. The van der Waals surface area contributed by atoms with Gasteiger partial charge in [-0.3, -0.25) is 4.79 Å². The number of carboxylic acids is 1. The molecule has 5 heteroatoms. The normalized spacial score (nSPS) is 16.9. The Hall–Kier alpha value is -2.82. The first-order valence-corrected chi connectivity index (χ1v) is 7.85. The molecule has 1 fully saturated rings. The number of carbonyl (C=O) groups excluding carboxylic acids is 1. The molecule has 0 radical (unpaired) electrons. The number of aromatic carboxylic acids is 1. The van der Waals surface area contributed by atoms with Gasteiger partial charge in [0.15, 0.2) is 0 Å². The first kappa shape index (κ1) is 16.1. The van der Waals surface area contributed by atoms with Crippen molar-refractivity contribution in [2.75, 3.05) is 20.2 Å². The van der Waals surface area contributed by atoms with Crippen molar-refractivity contribution in [3.05, 3.63) is 65.2 Å². The number of rotatable bonds is 4. The van der Waals surface area contributed by atoms with E-state index < -0.39 is 5.97 Å². The molecule has 0 bridgehead atoms. The average Bonchev–Trinajstić information content (AvgIpc) is 3.11. The van der Waals surface area contributed by atoms with Crippen LogP contribution in [0.25, 0.3) is 0 Å². The molecule has 24 heavy (non-hydrogen) atoms. The van der Waals surface area contributed by atoms with Crippen LogP contribution in [0.4, 0.5) is 0 Å². The summed E-state index contributed by atoms with van der Waals surface area (Å²) in [6.07, 6.45) is 0.922. The Morgan fingerprint density at radius 3 is 2.25 bits per heavy atom. The third-order valence-corrected chi connectivity index (χ3v) is 4.44. The number of hydrogen-bond donors (Lipinski definition) is 1. The van der Waals surface area contributed by atoms with Crippen molar-refractivity contribution >= 4 is 11.9 Å². The van der Waals surface area contributed by atoms with Crippen LogP contribution in [0.15, 0.2) is 48.5 Å². The number of nitrogens with zero attached hydrogens (tertiary/aromatic N) is 1. The molecule has 124 valence electrons. The molecule has 5 nitrogen and oxygen atoms in total. The molecule has 3 rings (SSSR count). The van der Waals surface area contributed by atoms with Crippen LogP contribution in [-0.2, 0) is 0 Å². The highest BCUT2D eigenvalue weighted by atomic mass is 16.5. The molecule has 1 aliphatic heterocycles. The van der Waals surface area contributed by atoms with Crippen LogP contribution in [0.2, 0.25) is 0 Å². The summed E-state index contributed by atoms with van der Waals surface area (Å²) in [5.74, 6) is 0.0963. The number of likely N-dealkylation sites (tertiary alicyclic amines) is 1. The van der Waals surface area contributed by atoms with E-state index in [-0.39, 0.29) is 11.5 Å². The lowest BCUT2D eigenvalue weighted by Crippen LogP contribution is -2.28. The summed E-state index contributed by atoms with van der Waals surface area (Å²) in [6.45, 7) is 1.38. The van der Waals surface area contributed by atoms with Gasteiger partial charge in [-0.1, -0.05) is 12.1 Å². The van der Waals surface area contributed by atoms with Crippen molar-refractivity contribution in [1.29, 1.82) is 0 Å². The zero-order chi connectivity index (χ0) is 17.1. The second-order valence-electron chi connectivity index (χ2n) is 5.89. The van der Waals surface area contributed by atoms with E-state index in [4.69, 9.17) is 9.84 Å². The molecule has 0 aliphatic carbocycles. The minimum absolute atomic E-state index is 0.0528. The Morgan fingerprint density at radius 1 is 1.04 bits per heavy atom. The highest BCUT2D eigenvalue weighted by molar-refractivity contribution is 5.96. The van der Waals surface area contributed by atoms with Crippen LogP contribution in [0.1, 0.15) is 38.6 Å². The smallest absolute Gasteiger partial charge is 0.335 e. The van der Waals surface area contributed by atoms with E-state index in [1.807, 2.05) is 29.2 Å². The summed E-state index contributed by atoms with van der Waals surface area (Å²) in [5.41, 5.74) is 1.91. The Kier molecular flexibility index (Phi) is 4.51. The molecule has 0 saturated carbocycles. The summed E-state index contributed by atoms with van der Waals surface area (Å²) in [7, 11) is 1.64. The minimum Gasteiger partial charge on any atom is -0.497 e. The van der Waals surface area contributed by atoms with Crippen molar-refractivity contribution in [1.82, 2.24) is 4.90 Å². The van der Waals surface area contributed by atoms with Gasteiger partial charge >= 0.3 is 5.97 Å². The van der Waals surface area contributed by atoms with E-state index in [1.54, 1.807) is 19.2 Å². The maximum absolute atomic E-state index is 12.6. The van der Waals surface area contributed by atoms with Crippen LogP contribution < -0.4 is 4.74 Å². The standard InChI is InChI=1S/C19H19NO4/c1-24-17-8-6-13(7-9-17)16-10-11-20(12-16)18(21)14-2-4-15(5-3-14)19(22)23/h2-9,16H,10-12H2,1H3,(H,22,23). The summed E-state index contributed by atoms with van der Waals surface area (Å²) in [5, 5.41) is 8.92. The minimum atomic E-state index is -0.991. The van der Waals surface area contributed by atoms with E-state index in [0.29, 0.717) is 24.6 Å². The van der Waals surface area contributed by atoms with Gasteiger partial charge in [-0.05, 0) is 48.4 Å². The molecule has 2 aromatic carbocycles. The van der Waals surface area contributed by atoms with Crippen LogP contribution in [-0.4, -0.2) is 42.1 Å². The largest absolute Gasteiger partial charge is 0.497 e. The number of hydrogen-bond acceptors (Lipinski definition) is 3. The zero-order valence-electron chi connectivity index (χ0n) is 13.4. The average molecular weight is 325 g/mol. The third kappa shape index (κ3) is 3.25. The predicted molar refractivity (Wildman–Crippen MR) is 89.7 cm³/mol. The Bertz CT molecular complexity index is 737. The number of methoxy groups -OCH3 is 1. The van der Waals surface area contributed by atoms with Crippen molar-refractivity contribution in [2.24, 2.45) is 0 Å². The fourth-order valence-electron chi connectivity index (χ4n) is 3.03. The highest BCUT2D eigenvalue weighted by Gasteiger charge is 2.28. The molecule has 0 aromatic heterocycles. The lowest BCUT2D eigenvalue weighted by molar-refractivity contribution is 0.0695. The van der Waals surface area contributed by atoms with Gasteiger partial charge < -0.3 is 14.7 Å². The molecule has 1 saturated heterocycles. The van der Waals surface area contributed by atoms with E-state index in [9.17, 15) is 9.59 Å². The second kappa shape index (κ2) is 6.74. The Labute approximate surface area is 140 Å². The Morgan fingerprint density at radius 2 is 1.67 bits per heavy atom. The lowest BCUT2D eigenvalue weighted by Gasteiger charge is -2.17. The fourth-order valence-corrected chi connectivity index (χ4v) is 3.03. The molecule has 1 aliphatic rings. The number of amides is 1. The molecule has 1 heterocycles.